The number of halogens is 1. The van der Waals surface area contributed by atoms with Crippen molar-refractivity contribution in [2.75, 3.05) is 34.4 Å². The van der Waals surface area contributed by atoms with E-state index in [2.05, 4.69) is 52.0 Å². The van der Waals surface area contributed by atoms with Crippen molar-refractivity contribution in [3.05, 3.63) is 59.7 Å². The van der Waals surface area contributed by atoms with Crippen LogP contribution in [-0.2, 0) is 12.8 Å². The number of hydrogen-bond acceptors (Lipinski definition) is 3. The van der Waals surface area contributed by atoms with E-state index in [1.807, 2.05) is 12.1 Å². The summed E-state index contributed by atoms with van der Waals surface area (Å²) in [5, 5.41) is 6.75. The standard InChI is InChI=1S/C22H31N3O2.HI/c1-23-22(24-15-7-11-18-9-5-4-6-10-18)25-16-8-12-19-13-14-20(26-2)21(17-19)27-3;/h4-6,9-10,13-14,17H,7-8,11-12,15-16H2,1-3H3,(H2,23,24,25);1H. The molecule has 0 fully saturated rings. The van der Waals surface area contributed by atoms with Gasteiger partial charge in [-0.2, -0.15) is 0 Å². The molecule has 154 valence electrons. The molecule has 6 heteroatoms. The first-order chi connectivity index (χ1) is 13.3. The maximum atomic E-state index is 5.36. The van der Waals surface area contributed by atoms with E-state index in [0.29, 0.717) is 0 Å². The quantitative estimate of drug-likeness (QED) is 0.225. The van der Waals surface area contributed by atoms with E-state index in [9.17, 15) is 0 Å². The molecule has 0 saturated carbocycles. The van der Waals surface area contributed by atoms with Crippen LogP contribution in [0.5, 0.6) is 11.5 Å². The van der Waals surface area contributed by atoms with Gasteiger partial charge in [0.2, 0.25) is 0 Å². The summed E-state index contributed by atoms with van der Waals surface area (Å²) in [6, 6.07) is 16.6. The topological polar surface area (TPSA) is 54.9 Å². The molecule has 0 aliphatic heterocycles. The molecule has 0 saturated heterocycles. The van der Waals surface area contributed by atoms with E-state index in [0.717, 1.165) is 56.2 Å². The molecule has 0 bridgehead atoms. The molecule has 0 aliphatic carbocycles. The summed E-state index contributed by atoms with van der Waals surface area (Å²) in [5.41, 5.74) is 2.61. The maximum absolute atomic E-state index is 5.36. The highest BCUT2D eigenvalue weighted by Crippen LogP contribution is 2.27. The molecule has 2 N–H and O–H groups in total. The Morgan fingerprint density at radius 1 is 0.821 bits per heavy atom. The molecule has 28 heavy (non-hydrogen) atoms. The van der Waals surface area contributed by atoms with Gasteiger partial charge in [-0.1, -0.05) is 36.4 Å². The molecule has 2 rings (SSSR count). The number of ether oxygens (including phenoxy) is 2. The molecular formula is C22H32IN3O2. The smallest absolute Gasteiger partial charge is 0.190 e. The van der Waals surface area contributed by atoms with E-state index in [1.165, 1.54) is 11.1 Å². The van der Waals surface area contributed by atoms with E-state index in [4.69, 9.17) is 9.47 Å². The molecule has 0 unspecified atom stereocenters. The van der Waals surface area contributed by atoms with Crippen LogP contribution in [0.25, 0.3) is 0 Å². The van der Waals surface area contributed by atoms with Gasteiger partial charge >= 0.3 is 0 Å². The van der Waals surface area contributed by atoms with Gasteiger partial charge in [0.05, 0.1) is 14.2 Å². The molecule has 5 nitrogen and oxygen atoms in total. The third-order valence-electron chi connectivity index (χ3n) is 4.38. The molecule has 0 heterocycles. The van der Waals surface area contributed by atoms with Crippen molar-refractivity contribution in [3.63, 3.8) is 0 Å². The Hall–Kier alpha value is -1.96. The average Bonchev–Trinajstić information content (AvgIpc) is 2.73. The third-order valence-corrected chi connectivity index (χ3v) is 4.38. The van der Waals surface area contributed by atoms with Crippen LogP contribution >= 0.6 is 24.0 Å². The fourth-order valence-electron chi connectivity index (χ4n) is 2.90. The predicted octanol–water partition coefficient (Wildman–Crippen LogP) is 4.05. The van der Waals surface area contributed by atoms with Crippen molar-refractivity contribution in [1.82, 2.24) is 10.6 Å². The van der Waals surface area contributed by atoms with E-state index in [-0.39, 0.29) is 24.0 Å². The Balaban J connectivity index is 0.00000392. The summed E-state index contributed by atoms with van der Waals surface area (Å²) in [6.45, 7) is 1.77. The second-order valence-corrected chi connectivity index (χ2v) is 6.31. The summed E-state index contributed by atoms with van der Waals surface area (Å²) >= 11 is 0. The molecule has 0 amide bonds. The van der Waals surface area contributed by atoms with Crippen molar-refractivity contribution >= 4 is 29.9 Å². The molecule has 0 aromatic heterocycles. The number of nitrogens with one attached hydrogen (secondary N) is 2. The summed E-state index contributed by atoms with van der Waals surface area (Å²) < 4.78 is 10.6. The number of benzene rings is 2. The molecule has 0 atom stereocenters. The van der Waals surface area contributed by atoms with Crippen LogP contribution in [-0.4, -0.2) is 40.3 Å². The summed E-state index contributed by atoms with van der Waals surface area (Å²) in [5.74, 6) is 2.40. The molecule has 0 aliphatic rings. The molecule has 2 aromatic carbocycles. The van der Waals surface area contributed by atoms with E-state index in [1.54, 1.807) is 21.3 Å². The molecule has 0 spiro atoms. The van der Waals surface area contributed by atoms with E-state index < -0.39 is 0 Å². The van der Waals surface area contributed by atoms with Gasteiger partial charge in [0.1, 0.15) is 0 Å². The summed E-state index contributed by atoms with van der Waals surface area (Å²) in [7, 11) is 5.12. The SMILES string of the molecule is CN=C(NCCCc1ccccc1)NCCCc1ccc(OC)c(OC)c1.I. The van der Waals surface area contributed by atoms with Crippen LogP contribution < -0.4 is 20.1 Å². The lowest BCUT2D eigenvalue weighted by Gasteiger charge is -2.12. The number of rotatable bonds is 10. The minimum atomic E-state index is 0. The Morgan fingerprint density at radius 3 is 2.00 bits per heavy atom. The predicted molar refractivity (Wildman–Crippen MR) is 127 cm³/mol. The summed E-state index contributed by atoms with van der Waals surface area (Å²) in [6.07, 6.45) is 4.14. The van der Waals surface area contributed by atoms with Gasteiger partial charge < -0.3 is 20.1 Å². The third kappa shape index (κ3) is 8.37. The Bertz CT molecular complexity index is 708. The lowest BCUT2D eigenvalue weighted by atomic mass is 10.1. The van der Waals surface area contributed by atoms with Crippen LogP contribution in [0.4, 0.5) is 0 Å². The molecule has 2 aromatic rings. The second-order valence-electron chi connectivity index (χ2n) is 6.31. The number of nitrogens with zero attached hydrogens (tertiary/aromatic N) is 1. The Labute approximate surface area is 186 Å². The van der Waals surface area contributed by atoms with Crippen molar-refractivity contribution in [1.29, 1.82) is 0 Å². The number of methoxy groups -OCH3 is 2. The zero-order valence-corrected chi connectivity index (χ0v) is 19.4. The Kier molecular flexibility index (Phi) is 12.1. The monoisotopic (exact) mass is 497 g/mol. The van der Waals surface area contributed by atoms with Gasteiger partial charge in [0.25, 0.3) is 0 Å². The highest BCUT2D eigenvalue weighted by Gasteiger charge is 2.04. The zero-order valence-electron chi connectivity index (χ0n) is 17.0. The number of guanidine groups is 1. The minimum Gasteiger partial charge on any atom is -0.493 e. The molecule has 0 radical (unpaired) electrons. The lowest BCUT2D eigenvalue weighted by molar-refractivity contribution is 0.354. The van der Waals surface area contributed by atoms with Crippen LogP contribution in [0, 0.1) is 0 Å². The number of aliphatic imine (C=N–C) groups is 1. The lowest BCUT2D eigenvalue weighted by Crippen LogP contribution is -2.38. The van der Waals surface area contributed by atoms with Gasteiger partial charge in [-0.15, -0.1) is 24.0 Å². The fourth-order valence-corrected chi connectivity index (χ4v) is 2.90. The largest absolute Gasteiger partial charge is 0.493 e. The van der Waals surface area contributed by atoms with Crippen molar-refractivity contribution < 1.29 is 9.47 Å². The second kappa shape index (κ2) is 14.1. The van der Waals surface area contributed by atoms with Gasteiger partial charge in [-0.05, 0) is 48.9 Å². The first-order valence-corrected chi connectivity index (χ1v) is 9.46. The van der Waals surface area contributed by atoms with Gasteiger partial charge in [-0.3, -0.25) is 4.99 Å². The van der Waals surface area contributed by atoms with Crippen molar-refractivity contribution in [2.24, 2.45) is 4.99 Å². The number of hydrogen-bond donors (Lipinski definition) is 2. The van der Waals surface area contributed by atoms with Crippen LogP contribution in [0.3, 0.4) is 0 Å². The first-order valence-electron chi connectivity index (χ1n) is 9.46. The van der Waals surface area contributed by atoms with Crippen LogP contribution in [0.2, 0.25) is 0 Å². The van der Waals surface area contributed by atoms with Crippen molar-refractivity contribution in [2.45, 2.75) is 25.7 Å². The maximum Gasteiger partial charge on any atom is 0.190 e. The van der Waals surface area contributed by atoms with Crippen LogP contribution in [0.1, 0.15) is 24.0 Å². The van der Waals surface area contributed by atoms with Crippen LogP contribution in [0.15, 0.2) is 53.5 Å². The zero-order chi connectivity index (χ0) is 19.3. The highest BCUT2D eigenvalue weighted by atomic mass is 127. The Morgan fingerprint density at radius 2 is 1.43 bits per heavy atom. The highest BCUT2D eigenvalue weighted by molar-refractivity contribution is 14.0. The van der Waals surface area contributed by atoms with Gasteiger partial charge in [0, 0.05) is 20.1 Å². The van der Waals surface area contributed by atoms with E-state index >= 15 is 0 Å². The summed E-state index contributed by atoms with van der Waals surface area (Å²) in [4.78, 5) is 4.29. The average molecular weight is 497 g/mol. The van der Waals surface area contributed by atoms with Gasteiger partial charge in [0.15, 0.2) is 17.5 Å². The fraction of sp³-hybridized carbons (Fsp3) is 0.409. The van der Waals surface area contributed by atoms with Gasteiger partial charge in [-0.25, -0.2) is 0 Å². The minimum absolute atomic E-state index is 0. The first kappa shape index (κ1) is 24.1. The number of aryl methyl sites for hydroxylation is 2. The normalized spacial score (nSPS) is 10.8. The van der Waals surface area contributed by atoms with Crippen molar-refractivity contribution in [3.8, 4) is 11.5 Å². The molecular weight excluding hydrogens is 465 g/mol.